The van der Waals surface area contributed by atoms with Crippen LogP contribution < -0.4 is 0 Å². The fraction of sp³-hybridized carbons (Fsp3) is 0.600. The zero-order chi connectivity index (χ0) is 10.4. The van der Waals surface area contributed by atoms with Gasteiger partial charge in [-0.15, -0.1) is 5.73 Å². The minimum absolute atomic E-state index is 0.120. The Labute approximate surface area is 79.6 Å². The highest BCUT2D eigenvalue weighted by molar-refractivity contribution is 5.92. The molecule has 3 heteroatoms. The van der Waals surface area contributed by atoms with Gasteiger partial charge in [0, 0.05) is 6.54 Å². The quantitative estimate of drug-likeness (QED) is 0.377. The predicted octanol–water partition coefficient (Wildman–Crippen LogP) is 1.76. The van der Waals surface area contributed by atoms with Crippen molar-refractivity contribution in [1.29, 1.82) is 0 Å². The van der Waals surface area contributed by atoms with Gasteiger partial charge < -0.3 is 0 Å². The monoisotopic (exact) mass is 183 g/mol. The summed E-state index contributed by atoms with van der Waals surface area (Å²) in [5.41, 5.74) is 3.20. The smallest absolute Gasteiger partial charge is 0.274 e. The Bertz CT molecular complexity index is 223. The van der Waals surface area contributed by atoms with E-state index in [-0.39, 0.29) is 11.8 Å². The van der Waals surface area contributed by atoms with Gasteiger partial charge in [-0.1, -0.05) is 20.4 Å². The van der Waals surface area contributed by atoms with Crippen molar-refractivity contribution in [3.63, 3.8) is 0 Å². The van der Waals surface area contributed by atoms with E-state index >= 15 is 0 Å². The Balaban J connectivity index is 4.65. The first-order valence-electron chi connectivity index (χ1n) is 4.34. The maximum absolute atomic E-state index is 11.6. The summed E-state index contributed by atoms with van der Waals surface area (Å²) in [6.07, 6.45) is 0. The average Bonchev–Trinajstić information content (AvgIpc) is 2.07. The van der Waals surface area contributed by atoms with Crippen molar-refractivity contribution in [2.45, 2.75) is 20.8 Å². The number of hydrogen-bond acceptors (Lipinski definition) is 2. The summed E-state index contributed by atoms with van der Waals surface area (Å²) in [6.45, 7) is 9.71. The largest absolute Gasteiger partial charge is 0.281 e. The van der Waals surface area contributed by atoms with Crippen LogP contribution in [0.2, 0.25) is 0 Å². The summed E-state index contributed by atoms with van der Waals surface area (Å²) < 4.78 is 0. The van der Waals surface area contributed by atoms with Gasteiger partial charge in [0.2, 0.25) is 0 Å². The summed E-state index contributed by atoms with van der Waals surface area (Å²) in [7, 11) is 1.47. The van der Waals surface area contributed by atoms with Crippen molar-refractivity contribution >= 4 is 5.91 Å². The van der Waals surface area contributed by atoms with Crippen LogP contribution in [0.15, 0.2) is 17.9 Å². The molecule has 0 aromatic heterocycles. The van der Waals surface area contributed by atoms with Crippen LogP contribution in [0, 0.1) is 5.92 Å². The van der Waals surface area contributed by atoms with Crippen molar-refractivity contribution in [3.8, 4) is 0 Å². The molecule has 1 amide bonds. The number of carbonyl (C=O) groups is 1. The van der Waals surface area contributed by atoms with Crippen LogP contribution in [0.4, 0.5) is 0 Å². The lowest BCUT2D eigenvalue weighted by Crippen LogP contribution is -2.32. The Morgan fingerprint density at radius 2 is 2.15 bits per heavy atom. The number of carbonyl (C=O) groups excluding carboxylic acids is 1. The predicted molar refractivity (Wildman–Crippen MR) is 51.9 cm³/mol. The van der Waals surface area contributed by atoms with E-state index in [1.54, 1.807) is 0 Å². The first-order chi connectivity index (χ1) is 6.08. The number of likely N-dealkylation sites (N-methyl/N-ethyl adjacent to an activating group) is 1. The lowest BCUT2D eigenvalue weighted by atomic mass is 10.0. The van der Waals surface area contributed by atoms with Crippen LogP contribution in [0.5, 0.6) is 0 Å². The molecule has 0 saturated heterocycles. The van der Waals surface area contributed by atoms with Crippen LogP contribution in [-0.4, -0.2) is 24.6 Å². The zero-order valence-electron chi connectivity index (χ0n) is 8.76. The molecule has 3 nitrogen and oxygen atoms in total. The molecule has 0 aliphatic carbocycles. The number of hydrogen-bond donors (Lipinski definition) is 0. The van der Waals surface area contributed by atoms with Crippen molar-refractivity contribution in [2.75, 3.05) is 13.7 Å². The minimum atomic E-state index is -0.157. The SMILES string of the molecule is C=C=C(C(=O)N(CC)OC)C(C)C. The lowest BCUT2D eigenvalue weighted by molar-refractivity contribution is -0.170. The molecule has 0 aromatic carbocycles. The molecule has 0 saturated carbocycles. The van der Waals surface area contributed by atoms with Gasteiger partial charge in [-0.05, 0) is 12.8 Å². The fourth-order valence-corrected chi connectivity index (χ4v) is 1.02. The number of amides is 1. The summed E-state index contributed by atoms with van der Waals surface area (Å²) in [4.78, 5) is 16.5. The van der Waals surface area contributed by atoms with Crippen molar-refractivity contribution in [3.05, 3.63) is 17.9 Å². The van der Waals surface area contributed by atoms with Crippen molar-refractivity contribution in [1.82, 2.24) is 5.06 Å². The third kappa shape index (κ3) is 3.05. The molecule has 0 rings (SSSR count). The van der Waals surface area contributed by atoms with Crippen molar-refractivity contribution < 1.29 is 9.63 Å². The Morgan fingerprint density at radius 1 is 1.62 bits per heavy atom. The number of hydroxylamine groups is 2. The highest BCUT2D eigenvalue weighted by atomic mass is 16.7. The molecule has 0 heterocycles. The third-order valence-electron chi connectivity index (χ3n) is 1.73. The van der Waals surface area contributed by atoms with Gasteiger partial charge in [-0.2, -0.15) is 0 Å². The summed E-state index contributed by atoms with van der Waals surface area (Å²) in [5, 5.41) is 1.29. The molecule has 0 fully saturated rings. The van der Waals surface area contributed by atoms with E-state index in [4.69, 9.17) is 4.84 Å². The molecule has 0 N–H and O–H groups in total. The van der Waals surface area contributed by atoms with E-state index in [0.717, 1.165) is 0 Å². The normalized spacial score (nSPS) is 9.62. The second-order valence-corrected chi connectivity index (χ2v) is 2.93. The molecule has 13 heavy (non-hydrogen) atoms. The Morgan fingerprint density at radius 3 is 2.38 bits per heavy atom. The molecule has 0 spiro atoms. The standard InChI is InChI=1S/C10H17NO2/c1-6-9(8(3)4)10(12)11(7-2)13-5/h8H,1,7H2,2-5H3. The summed E-state index contributed by atoms with van der Waals surface area (Å²) in [5.74, 6) is -0.0378. The fourth-order valence-electron chi connectivity index (χ4n) is 1.02. The molecule has 0 aromatic rings. The highest BCUT2D eigenvalue weighted by Crippen LogP contribution is 2.11. The first-order valence-corrected chi connectivity index (χ1v) is 4.34. The van der Waals surface area contributed by atoms with E-state index in [1.165, 1.54) is 12.2 Å². The number of nitrogens with zero attached hydrogens (tertiary/aromatic N) is 1. The van der Waals surface area contributed by atoms with Crippen LogP contribution in [0.1, 0.15) is 20.8 Å². The van der Waals surface area contributed by atoms with E-state index in [1.807, 2.05) is 20.8 Å². The summed E-state index contributed by atoms with van der Waals surface area (Å²) >= 11 is 0. The molecule has 74 valence electrons. The molecule has 0 aliphatic heterocycles. The van der Waals surface area contributed by atoms with Crippen LogP contribution in [0.25, 0.3) is 0 Å². The van der Waals surface area contributed by atoms with E-state index in [0.29, 0.717) is 12.1 Å². The van der Waals surface area contributed by atoms with E-state index in [9.17, 15) is 4.79 Å². The van der Waals surface area contributed by atoms with Gasteiger partial charge >= 0.3 is 0 Å². The van der Waals surface area contributed by atoms with Gasteiger partial charge in [-0.3, -0.25) is 9.63 Å². The Hall–Kier alpha value is -1.05. The third-order valence-corrected chi connectivity index (χ3v) is 1.73. The Kier molecular flexibility index (Phi) is 5.12. The van der Waals surface area contributed by atoms with Gasteiger partial charge in [0.25, 0.3) is 5.91 Å². The minimum Gasteiger partial charge on any atom is -0.274 e. The molecule has 0 aliphatic rings. The van der Waals surface area contributed by atoms with Crippen LogP contribution in [-0.2, 0) is 9.63 Å². The highest BCUT2D eigenvalue weighted by Gasteiger charge is 2.18. The second kappa shape index (κ2) is 5.57. The van der Waals surface area contributed by atoms with Crippen LogP contribution >= 0.6 is 0 Å². The molecule has 0 bridgehead atoms. The summed E-state index contributed by atoms with van der Waals surface area (Å²) in [6, 6.07) is 0. The molecule has 0 radical (unpaired) electrons. The van der Waals surface area contributed by atoms with Gasteiger partial charge in [-0.25, -0.2) is 5.06 Å². The van der Waals surface area contributed by atoms with Gasteiger partial charge in [0.15, 0.2) is 0 Å². The van der Waals surface area contributed by atoms with Gasteiger partial charge in [0.1, 0.15) is 0 Å². The van der Waals surface area contributed by atoms with Gasteiger partial charge in [0.05, 0.1) is 12.7 Å². The first kappa shape index (κ1) is 11.9. The molecular formula is C10H17NO2. The van der Waals surface area contributed by atoms with E-state index < -0.39 is 0 Å². The molecule has 0 atom stereocenters. The maximum Gasteiger partial charge on any atom is 0.281 e. The van der Waals surface area contributed by atoms with Crippen molar-refractivity contribution in [2.24, 2.45) is 5.92 Å². The topological polar surface area (TPSA) is 29.5 Å². The number of rotatable bonds is 4. The maximum atomic E-state index is 11.6. The van der Waals surface area contributed by atoms with Crippen LogP contribution in [0.3, 0.4) is 0 Å². The molecular weight excluding hydrogens is 166 g/mol. The zero-order valence-corrected chi connectivity index (χ0v) is 8.76. The lowest BCUT2D eigenvalue weighted by Gasteiger charge is -2.19. The molecule has 0 unspecified atom stereocenters. The van der Waals surface area contributed by atoms with E-state index in [2.05, 4.69) is 12.3 Å². The second-order valence-electron chi connectivity index (χ2n) is 2.93. The average molecular weight is 183 g/mol.